The van der Waals surface area contributed by atoms with Crippen LogP contribution >= 0.6 is 0 Å². The van der Waals surface area contributed by atoms with E-state index >= 15 is 0 Å². The molecule has 1 aromatic carbocycles. The third kappa shape index (κ3) is 3.81. The highest BCUT2D eigenvalue weighted by Gasteiger charge is 2.32. The van der Waals surface area contributed by atoms with Crippen molar-refractivity contribution in [3.05, 3.63) is 23.8 Å². The van der Waals surface area contributed by atoms with Crippen LogP contribution in [0.4, 0.5) is 4.79 Å². The summed E-state index contributed by atoms with van der Waals surface area (Å²) in [6.07, 6.45) is -0.647. The fourth-order valence-electron chi connectivity index (χ4n) is 1.92. The van der Waals surface area contributed by atoms with Gasteiger partial charge in [0.1, 0.15) is 6.04 Å². The third-order valence-electron chi connectivity index (χ3n) is 2.73. The summed E-state index contributed by atoms with van der Waals surface area (Å²) >= 11 is 0. The molecule has 0 bridgehead atoms. The average molecular weight is 307 g/mol. The molecule has 0 unspecified atom stereocenters. The predicted molar refractivity (Wildman–Crippen MR) is 71.2 cm³/mol. The second kappa shape index (κ2) is 6.25. The van der Waals surface area contributed by atoms with E-state index in [1.54, 1.807) is 6.07 Å². The molecule has 0 aliphatic carbocycles. The number of nitrogens with one attached hydrogen (secondary N) is 1. The Hall–Kier alpha value is -2.90. The van der Waals surface area contributed by atoms with Crippen molar-refractivity contribution in [3.63, 3.8) is 0 Å². The first-order valence-electron chi connectivity index (χ1n) is 6.37. The minimum atomic E-state index is -0.808. The largest absolute Gasteiger partial charge is 0.423 e. The van der Waals surface area contributed by atoms with Gasteiger partial charge in [-0.15, -0.1) is 0 Å². The van der Waals surface area contributed by atoms with Crippen molar-refractivity contribution in [1.82, 2.24) is 5.32 Å². The van der Waals surface area contributed by atoms with Gasteiger partial charge in [0, 0.05) is 20.3 Å². The lowest BCUT2D eigenvalue weighted by Crippen LogP contribution is -2.30. The first-order chi connectivity index (χ1) is 10.3. The zero-order chi connectivity index (χ0) is 16.3. The third-order valence-corrected chi connectivity index (χ3v) is 2.73. The Labute approximate surface area is 125 Å². The van der Waals surface area contributed by atoms with E-state index in [0.717, 1.165) is 0 Å². The van der Waals surface area contributed by atoms with Crippen LogP contribution in [0.2, 0.25) is 0 Å². The van der Waals surface area contributed by atoms with Gasteiger partial charge in [-0.3, -0.25) is 9.59 Å². The van der Waals surface area contributed by atoms with Crippen molar-refractivity contribution in [2.24, 2.45) is 0 Å². The maximum atomic E-state index is 11.4. The van der Waals surface area contributed by atoms with Crippen molar-refractivity contribution in [2.75, 3.05) is 0 Å². The molecule has 116 valence electrons. The molecule has 1 heterocycles. The highest BCUT2D eigenvalue weighted by atomic mass is 16.6. The lowest BCUT2D eigenvalue weighted by molar-refractivity contribution is -0.135. The molecule has 8 nitrogen and oxygen atoms in total. The van der Waals surface area contributed by atoms with Crippen molar-refractivity contribution in [1.29, 1.82) is 0 Å². The summed E-state index contributed by atoms with van der Waals surface area (Å²) < 4.78 is 14.3. The van der Waals surface area contributed by atoms with E-state index in [0.29, 0.717) is 5.56 Å². The molecule has 1 aromatic rings. The van der Waals surface area contributed by atoms with E-state index in [-0.39, 0.29) is 17.9 Å². The molecule has 0 aromatic heterocycles. The number of amides is 1. The number of carbonyl (C=O) groups is 4. The van der Waals surface area contributed by atoms with Crippen LogP contribution in [-0.4, -0.2) is 30.0 Å². The fraction of sp³-hybridized carbons (Fsp3) is 0.286. The Balaban J connectivity index is 2.22. The van der Waals surface area contributed by atoms with Crippen LogP contribution in [0.15, 0.2) is 18.2 Å². The molecule has 2 rings (SSSR count). The minimum Gasteiger partial charge on any atom is -0.423 e. The van der Waals surface area contributed by atoms with Gasteiger partial charge in [-0.2, -0.15) is 0 Å². The van der Waals surface area contributed by atoms with Gasteiger partial charge < -0.3 is 19.5 Å². The van der Waals surface area contributed by atoms with Crippen LogP contribution in [0.5, 0.6) is 11.5 Å². The molecule has 0 saturated carbocycles. The van der Waals surface area contributed by atoms with Crippen LogP contribution in [-0.2, 0) is 25.5 Å². The van der Waals surface area contributed by atoms with E-state index < -0.39 is 30.0 Å². The topological polar surface area (TPSA) is 108 Å². The molecule has 1 N–H and O–H groups in total. The zero-order valence-corrected chi connectivity index (χ0v) is 11.9. The van der Waals surface area contributed by atoms with Crippen molar-refractivity contribution < 1.29 is 33.4 Å². The number of hydrogen-bond donors (Lipinski definition) is 1. The van der Waals surface area contributed by atoms with Gasteiger partial charge in [0.25, 0.3) is 0 Å². The smallest absolute Gasteiger partial charge is 0.415 e. The summed E-state index contributed by atoms with van der Waals surface area (Å²) in [7, 11) is 0. The fourth-order valence-corrected chi connectivity index (χ4v) is 1.92. The Morgan fingerprint density at radius 2 is 1.77 bits per heavy atom. The number of hydrogen-bond acceptors (Lipinski definition) is 7. The maximum absolute atomic E-state index is 11.4. The van der Waals surface area contributed by atoms with Crippen LogP contribution < -0.4 is 14.8 Å². The van der Waals surface area contributed by atoms with Gasteiger partial charge in [-0.25, -0.2) is 9.59 Å². The van der Waals surface area contributed by atoms with E-state index in [1.807, 2.05) is 0 Å². The number of ether oxygens (including phenoxy) is 3. The van der Waals surface area contributed by atoms with Crippen molar-refractivity contribution >= 4 is 24.0 Å². The summed E-state index contributed by atoms with van der Waals surface area (Å²) in [5, 5.41) is 2.36. The summed E-state index contributed by atoms with van der Waals surface area (Å²) in [6, 6.07) is 3.68. The first-order valence-corrected chi connectivity index (χ1v) is 6.37. The monoisotopic (exact) mass is 307 g/mol. The number of rotatable bonds is 4. The van der Waals surface area contributed by atoms with E-state index in [2.05, 4.69) is 10.1 Å². The highest BCUT2D eigenvalue weighted by molar-refractivity contribution is 5.95. The molecule has 1 fully saturated rings. The van der Waals surface area contributed by atoms with E-state index in [1.165, 1.54) is 26.0 Å². The van der Waals surface area contributed by atoms with Crippen LogP contribution in [0.3, 0.4) is 0 Å². The molecule has 22 heavy (non-hydrogen) atoms. The number of carbonyl (C=O) groups excluding carboxylic acids is 4. The van der Waals surface area contributed by atoms with Crippen molar-refractivity contribution in [2.45, 2.75) is 26.3 Å². The number of cyclic esters (lactones) is 2. The molecular weight excluding hydrogens is 294 g/mol. The number of alkyl carbamates (subject to hydrolysis) is 1. The molecule has 1 aliphatic heterocycles. The maximum Gasteiger partial charge on any atom is 0.415 e. The van der Waals surface area contributed by atoms with Gasteiger partial charge in [0.15, 0.2) is 11.5 Å². The van der Waals surface area contributed by atoms with E-state index in [9.17, 15) is 19.2 Å². The quantitative estimate of drug-likeness (QED) is 0.496. The lowest BCUT2D eigenvalue weighted by atomic mass is 10.1. The van der Waals surface area contributed by atoms with Crippen LogP contribution in [0.25, 0.3) is 0 Å². The van der Waals surface area contributed by atoms with Gasteiger partial charge in [0.2, 0.25) is 0 Å². The normalized spacial score (nSPS) is 16.7. The minimum absolute atomic E-state index is 0.0536. The number of esters is 3. The first kappa shape index (κ1) is 15.5. The highest BCUT2D eigenvalue weighted by Crippen LogP contribution is 2.29. The Bertz CT molecular complexity index is 653. The SMILES string of the molecule is CC(=O)Oc1ccc(C[C@@H]2NC(=O)OC2=O)cc1OC(C)=O. The second-order valence-electron chi connectivity index (χ2n) is 4.58. The van der Waals surface area contributed by atoms with E-state index in [4.69, 9.17) is 9.47 Å². The molecular formula is C14H13NO7. The van der Waals surface area contributed by atoms with Crippen molar-refractivity contribution in [3.8, 4) is 11.5 Å². The molecule has 0 radical (unpaired) electrons. The molecule has 0 spiro atoms. The summed E-state index contributed by atoms with van der Waals surface area (Å²) in [6.45, 7) is 2.42. The summed E-state index contributed by atoms with van der Waals surface area (Å²) in [5.74, 6) is -1.68. The molecule has 1 aliphatic rings. The van der Waals surface area contributed by atoms with Crippen LogP contribution in [0, 0.1) is 0 Å². The Morgan fingerprint density at radius 1 is 1.14 bits per heavy atom. The average Bonchev–Trinajstić information content (AvgIpc) is 2.70. The molecule has 8 heteroatoms. The second-order valence-corrected chi connectivity index (χ2v) is 4.58. The van der Waals surface area contributed by atoms with Crippen LogP contribution in [0.1, 0.15) is 19.4 Å². The number of benzene rings is 1. The zero-order valence-electron chi connectivity index (χ0n) is 11.9. The predicted octanol–water partition coefficient (Wildman–Crippen LogP) is 0.715. The van der Waals surface area contributed by atoms with Gasteiger partial charge in [0.05, 0.1) is 0 Å². The Kier molecular flexibility index (Phi) is 4.40. The van der Waals surface area contributed by atoms with Gasteiger partial charge in [-0.1, -0.05) is 6.07 Å². The van der Waals surface area contributed by atoms with Gasteiger partial charge >= 0.3 is 24.0 Å². The standard InChI is InChI=1S/C14H13NO7/c1-7(16)20-11-4-3-9(6-12(11)21-8(2)17)5-10-13(18)22-14(19)15-10/h3-4,6,10H,5H2,1-2H3,(H,15,19)/t10-/m0/s1. The molecule has 1 atom stereocenters. The lowest BCUT2D eigenvalue weighted by Gasteiger charge is -2.11. The molecule has 1 saturated heterocycles. The van der Waals surface area contributed by atoms with Gasteiger partial charge in [-0.05, 0) is 17.7 Å². The summed E-state index contributed by atoms with van der Waals surface area (Å²) in [5.41, 5.74) is 0.594. The molecule has 1 amide bonds. The summed E-state index contributed by atoms with van der Waals surface area (Å²) in [4.78, 5) is 44.5. The Morgan fingerprint density at radius 3 is 2.32 bits per heavy atom.